The first-order chi connectivity index (χ1) is 6.86. The summed E-state index contributed by atoms with van der Waals surface area (Å²) in [5.74, 6) is 0.437. The summed E-state index contributed by atoms with van der Waals surface area (Å²) in [6, 6.07) is 1.71. The van der Waals surface area contributed by atoms with Gasteiger partial charge in [0.1, 0.15) is 0 Å². The van der Waals surface area contributed by atoms with Gasteiger partial charge in [0.2, 0.25) is 5.95 Å². The zero-order valence-corrected chi connectivity index (χ0v) is 7.38. The maximum Gasteiger partial charge on any atom is 0.229 e. The van der Waals surface area contributed by atoms with Crippen LogP contribution in [-0.4, -0.2) is 15.1 Å². The molecule has 1 aromatic rings. The Labute approximate surface area is 81.3 Å². The van der Waals surface area contributed by atoms with Crippen molar-refractivity contribution in [3.63, 3.8) is 0 Å². The van der Waals surface area contributed by atoms with Crippen LogP contribution in [0.25, 0.3) is 0 Å². The Morgan fingerprint density at radius 2 is 1.79 bits per heavy atom. The second kappa shape index (κ2) is 3.74. The molecular weight excluding hydrogens is 178 g/mol. The molecule has 1 aromatic heterocycles. The van der Waals surface area contributed by atoms with Gasteiger partial charge >= 0.3 is 0 Å². The van der Waals surface area contributed by atoms with Crippen LogP contribution >= 0.6 is 0 Å². The van der Waals surface area contributed by atoms with Gasteiger partial charge in [-0.3, -0.25) is 5.32 Å². The highest BCUT2D eigenvalue weighted by Crippen LogP contribution is 2.12. The van der Waals surface area contributed by atoms with E-state index in [0.29, 0.717) is 5.95 Å². The molecule has 2 N–H and O–H groups in total. The average molecular weight is 187 g/mol. The lowest BCUT2D eigenvalue weighted by molar-refractivity contribution is 0.415. The molecule has 0 unspecified atom stereocenters. The smallest absolute Gasteiger partial charge is 0.229 e. The number of aliphatic hydroxyl groups excluding tert-OH is 1. The van der Waals surface area contributed by atoms with Crippen LogP contribution in [0.3, 0.4) is 0 Å². The van der Waals surface area contributed by atoms with Crippen LogP contribution < -0.4 is 5.32 Å². The highest BCUT2D eigenvalue weighted by Gasteiger charge is 2.03. The fourth-order valence-corrected chi connectivity index (χ4v) is 1.07. The van der Waals surface area contributed by atoms with Crippen molar-refractivity contribution in [3.8, 4) is 0 Å². The monoisotopic (exact) mass is 187 g/mol. The van der Waals surface area contributed by atoms with Crippen molar-refractivity contribution in [3.05, 3.63) is 54.2 Å². The van der Waals surface area contributed by atoms with Crippen LogP contribution in [0, 0.1) is 0 Å². The lowest BCUT2D eigenvalue weighted by Gasteiger charge is -2.03. The Balaban J connectivity index is 2.16. The van der Waals surface area contributed by atoms with Crippen molar-refractivity contribution < 1.29 is 5.11 Å². The maximum absolute atomic E-state index is 9.59. The number of nitrogens with one attached hydrogen (secondary N) is 1. The number of aliphatic hydroxyl groups is 1. The molecule has 0 amide bonds. The van der Waals surface area contributed by atoms with Crippen molar-refractivity contribution in [1.82, 2.24) is 9.97 Å². The van der Waals surface area contributed by atoms with Crippen molar-refractivity contribution in [2.24, 2.45) is 0 Å². The van der Waals surface area contributed by atoms with Crippen LogP contribution in [0.4, 0.5) is 5.95 Å². The van der Waals surface area contributed by atoms with Gasteiger partial charge in [0.25, 0.3) is 0 Å². The molecule has 2 rings (SSSR count). The molecule has 0 aliphatic heterocycles. The largest absolute Gasteiger partial charge is 0.494 e. The predicted molar refractivity (Wildman–Crippen MR) is 53.6 cm³/mol. The third kappa shape index (κ3) is 1.80. The molecule has 0 saturated carbocycles. The zero-order chi connectivity index (χ0) is 9.80. The lowest BCUT2D eigenvalue weighted by atomic mass is 10.3. The Kier molecular flexibility index (Phi) is 2.27. The summed E-state index contributed by atoms with van der Waals surface area (Å²) in [4.78, 5) is 7.85. The lowest BCUT2D eigenvalue weighted by Crippen LogP contribution is -2.03. The summed E-state index contributed by atoms with van der Waals surface area (Å²) in [5.41, 5.74) is 0.720. The third-order valence-electron chi connectivity index (χ3n) is 1.73. The second-order valence-electron chi connectivity index (χ2n) is 2.72. The van der Waals surface area contributed by atoms with Crippen LogP contribution in [0.2, 0.25) is 0 Å². The van der Waals surface area contributed by atoms with Gasteiger partial charge in [-0.2, -0.15) is 0 Å². The topological polar surface area (TPSA) is 58.0 Å². The second-order valence-corrected chi connectivity index (χ2v) is 2.72. The number of hydrogen-bond donors (Lipinski definition) is 2. The fourth-order valence-electron chi connectivity index (χ4n) is 1.07. The molecule has 1 aliphatic rings. The molecule has 0 spiro atoms. The summed E-state index contributed by atoms with van der Waals surface area (Å²) in [6.45, 7) is 0. The number of nitrogens with zero attached hydrogens (tertiary/aromatic N) is 2. The van der Waals surface area contributed by atoms with Gasteiger partial charge in [0, 0.05) is 18.0 Å². The normalized spacial score (nSPS) is 13.3. The van der Waals surface area contributed by atoms with Gasteiger partial charge in [0.05, 0.1) is 0 Å². The molecule has 0 saturated heterocycles. The van der Waals surface area contributed by atoms with Crippen LogP contribution in [0.5, 0.6) is 0 Å². The van der Waals surface area contributed by atoms with E-state index in [1.54, 1.807) is 30.6 Å². The highest BCUT2D eigenvalue weighted by molar-refractivity contribution is 5.46. The summed E-state index contributed by atoms with van der Waals surface area (Å²) < 4.78 is 0. The van der Waals surface area contributed by atoms with Gasteiger partial charge < -0.3 is 5.11 Å². The summed E-state index contributed by atoms with van der Waals surface area (Å²) in [5, 5.41) is 12.3. The molecular formula is C10H9N3O. The van der Waals surface area contributed by atoms with Gasteiger partial charge in [0.15, 0.2) is 5.88 Å². The Morgan fingerprint density at radius 1 is 1.14 bits per heavy atom. The Morgan fingerprint density at radius 3 is 2.43 bits per heavy atom. The molecule has 0 atom stereocenters. The van der Waals surface area contributed by atoms with Crippen molar-refractivity contribution in [2.75, 3.05) is 5.32 Å². The fraction of sp³-hybridized carbons (Fsp3) is 0. The molecule has 70 valence electrons. The molecule has 0 radical (unpaired) electrons. The quantitative estimate of drug-likeness (QED) is 0.693. The van der Waals surface area contributed by atoms with Crippen LogP contribution in [0.1, 0.15) is 0 Å². The van der Waals surface area contributed by atoms with E-state index in [4.69, 9.17) is 0 Å². The van der Waals surface area contributed by atoms with E-state index in [0.717, 1.165) is 5.57 Å². The molecule has 1 aliphatic carbocycles. The summed E-state index contributed by atoms with van der Waals surface area (Å²) in [6.07, 6.45) is 10.5. The standard InChI is InChI=1S/C10H9N3O/c14-9(8-4-1-2-5-8)13-10-11-6-3-7-12-10/h1-7,14H,(H,11,12,13). The number of hydrogen-bond acceptors (Lipinski definition) is 4. The maximum atomic E-state index is 9.59. The molecule has 0 aromatic carbocycles. The van der Waals surface area contributed by atoms with Crippen LogP contribution in [0.15, 0.2) is 54.2 Å². The number of aromatic nitrogens is 2. The van der Waals surface area contributed by atoms with E-state index in [1.807, 2.05) is 12.2 Å². The first kappa shape index (κ1) is 8.50. The molecule has 14 heavy (non-hydrogen) atoms. The highest BCUT2D eigenvalue weighted by atomic mass is 16.3. The van der Waals surface area contributed by atoms with Crippen molar-refractivity contribution in [1.29, 1.82) is 0 Å². The molecule has 4 heteroatoms. The summed E-state index contributed by atoms with van der Waals surface area (Å²) >= 11 is 0. The van der Waals surface area contributed by atoms with E-state index >= 15 is 0 Å². The molecule has 0 bridgehead atoms. The van der Waals surface area contributed by atoms with Gasteiger partial charge in [-0.05, 0) is 18.2 Å². The summed E-state index contributed by atoms with van der Waals surface area (Å²) in [7, 11) is 0. The van der Waals surface area contributed by atoms with E-state index in [9.17, 15) is 5.11 Å². The van der Waals surface area contributed by atoms with E-state index in [1.165, 1.54) is 0 Å². The predicted octanol–water partition coefficient (Wildman–Crippen LogP) is 1.78. The number of allylic oxidation sites excluding steroid dienone is 5. The molecule has 0 fully saturated rings. The van der Waals surface area contributed by atoms with Crippen LogP contribution in [-0.2, 0) is 0 Å². The Bertz CT molecular complexity index is 393. The minimum absolute atomic E-state index is 0.0567. The minimum Gasteiger partial charge on any atom is -0.494 e. The first-order valence-corrected chi connectivity index (χ1v) is 4.18. The Hall–Kier alpha value is -2.10. The molecule has 1 heterocycles. The SMILES string of the molecule is OC(Nc1ncccn1)=C1C=CC=C1. The average Bonchev–Trinajstić information content (AvgIpc) is 2.72. The molecule has 4 nitrogen and oxygen atoms in total. The van der Waals surface area contributed by atoms with Crippen molar-refractivity contribution >= 4 is 5.95 Å². The van der Waals surface area contributed by atoms with E-state index in [-0.39, 0.29) is 5.88 Å². The van der Waals surface area contributed by atoms with Gasteiger partial charge in [-0.1, -0.05) is 12.2 Å². The first-order valence-electron chi connectivity index (χ1n) is 4.18. The zero-order valence-electron chi connectivity index (χ0n) is 7.38. The van der Waals surface area contributed by atoms with Gasteiger partial charge in [-0.15, -0.1) is 0 Å². The third-order valence-corrected chi connectivity index (χ3v) is 1.73. The van der Waals surface area contributed by atoms with E-state index in [2.05, 4.69) is 15.3 Å². The van der Waals surface area contributed by atoms with Crippen molar-refractivity contribution in [2.45, 2.75) is 0 Å². The minimum atomic E-state index is 0.0567. The number of anilines is 1. The van der Waals surface area contributed by atoms with E-state index < -0.39 is 0 Å². The number of rotatable bonds is 2. The van der Waals surface area contributed by atoms with Gasteiger partial charge in [-0.25, -0.2) is 9.97 Å².